The van der Waals surface area contributed by atoms with Crippen molar-refractivity contribution >= 4 is 22.1 Å². The summed E-state index contributed by atoms with van der Waals surface area (Å²) in [7, 11) is 1.98. The van der Waals surface area contributed by atoms with Crippen LogP contribution in [0.3, 0.4) is 0 Å². The lowest BCUT2D eigenvalue weighted by Crippen LogP contribution is -2.18. The van der Waals surface area contributed by atoms with Gasteiger partial charge in [-0.15, -0.1) is 11.3 Å². The van der Waals surface area contributed by atoms with Gasteiger partial charge in [0, 0.05) is 28.7 Å². The summed E-state index contributed by atoms with van der Waals surface area (Å²) in [5.74, 6) is 0.457. The highest BCUT2D eigenvalue weighted by molar-refractivity contribution is 7.09. The monoisotopic (exact) mass is 297 g/mol. The number of nitrogens with zero attached hydrogens (tertiary/aromatic N) is 2. The lowest BCUT2D eigenvalue weighted by molar-refractivity contribution is 0.681. The summed E-state index contributed by atoms with van der Waals surface area (Å²) in [5, 5.41) is 9.03. The van der Waals surface area contributed by atoms with Crippen LogP contribution in [0.15, 0.2) is 42.0 Å². The van der Waals surface area contributed by atoms with Gasteiger partial charge in [-0.2, -0.15) is 0 Å². The van der Waals surface area contributed by atoms with Crippen molar-refractivity contribution in [2.45, 2.75) is 25.8 Å². The highest BCUT2D eigenvalue weighted by Crippen LogP contribution is 2.30. The Kier molecular flexibility index (Phi) is 3.99. The van der Waals surface area contributed by atoms with E-state index in [4.69, 9.17) is 4.98 Å². The Morgan fingerprint density at radius 2 is 1.95 bits per heavy atom. The van der Waals surface area contributed by atoms with Crippen LogP contribution in [-0.4, -0.2) is 17.0 Å². The van der Waals surface area contributed by atoms with Gasteiger partial charge in [0.05, 0.1) is 11.7 Å². The SMILES string of the molecule is CNC(c1nc(C(C)C)cs1)c1cncc2ccccc12. The number of hydrogen-bond donors (Lipinski definition) is 1. The molecule has 0 bridgehead atoms. The minimum atomic E-state index is 0.0844. The van der Waals surface area contributed by atoms with Crippen molar-refractivity contribution < 1.29 is 0 Å². The predicted octanol–water partition coefficient (Wildman–Crippen LogP) is 4.12. The summed E-state index contributed by atoms with van der Waals surface area (Å²) >= 11 is 1.71. The molecule has 1 unspecified atom stereocenters. The molecule has 0 saturated heterocycles. The molecule has 2 aromatic heterocycles. The van der Waals surface area contributed by atoms with Gasteiger partial charge in [-0.25, -0.2) is 4.98 Å². The van der Waals surface area contributed by atoms with Crippen LogP contribution in [0.2, 0.25) is 0 Å². The number of rotatable bonds is 4. The number of pyridine rings is 1. The summed E-state index contributed by atoms with van der Waals surface area (Å²) in [6.45, 7) is 4.35. The third kappa shape index (κ3) is 2.69. The second-order valence-electron chi connectivity index (χ2n) is 5.44. The van der Waals surface area contributed by atoms with Crippen molar-refractivity contribution in [3.8, 4) is 0 Å². The molecule has 3 rings (SSSR count). The summed E-state index contributed by atoms with van der Waals surface area (Å²) in [6.07, 6.45) is 3.85. The molecule has 3 nitrogen and oxygen atoms in total. The van der Waals surface area contributed by atoms with Gasteiger partial charge in [0.25, 0.3) is 0 Å². The standard InChI is InChI=1S/C17H19N3S/c1-11(2)15-10-21-17(20-15)16(18-3)14-9-19-8-12-6-4-5-7-13(12)14/h4-11,16,18H,1-3H3. The van der Waals surface area contributed by atoms with Gasteiger partial charge >= 0.3 is 0 Å². The second-order valence-corrected chi connectivity index (χ2v) is 6.33. The van der Waals surface area contributed by atoms with Gasteiger partial charge in [0.15, 0.2) is 0 Å². The highest BCUT2D eigenvalue weighted by atomic mass is 32.1. The van der Waals surface area contributed by atoms with E-state index in [0.717, 1.165) is 16.1 Å². The first-order valence-electron chi connectivity index (χ1n) is 7.16. The number of thiazole rings is 1. The molecule has 3 aromatic rings. The summed E-state index contributed by atoms with van der Waals surface area (Å²) in [5.41, 5.74) is 2.34. The number of benzene rings is 1. The van der Waals surface area contributed by atoms with Gasteiger partial charge in [-0.05, 0) is 18.4 Å². The Morgan fingerprint density at radius 1 is 1.14 bits per heavy atom. The quantitative estimate of drug-likeness (QED) is 0.787. The van der Waals surface area contributed by atoms with Crippen molar-refractivity contribution in [3.63, 3.8) is 0 Å². The van der Waals surface area contributed by atoms with Crippen LogP contribution in [0, 0.1) is 0 Å². The zero-order valence-corrected chi connectivity index (χ0v) is 13.3. The average Bonchev–Trinajstić information content (AvgIpc) is 2.98. The van der Waals surface area contributed by atoms with Crippen molar-refractivity contribution in [1.82, 2.24) is 15.3 Å². The summed E-state index contributed by atoms with van der Waals surface area (Å²) < 4.78 is 0. The molecule has 1 atom stereocenters. The highest BCUT2D eigenvalue weighted by Gasteiger charge is 2.19. The molecule has 0 amide bonds. The lowest BCUT2D eigenvalue weighted by atomic mass is 10.0. The molecule has 0 saturated carbocycles. The van der Waals surface area contributed by atoms with E-state index in [9.17, 15) is 0 Å². The van der Waals surface area contributed by atoms with Crippen molar-refractivity contribution in [3.05, 3.63) is 58.3 Å². The fourth-order valence-corrected chi connectivity index (χ4v) is 3.59. The van der Waals surface area contributed by atoms with E-state index >= 15 is 0 Å². The summed E-state index contributed by atoms with van der Waals surface area (Å²) in [6, 6.07) is 8.44. The van der Waals surface area contributed by atoms with Gasteiger partial charge in [-0.3, -0.25) is 4.98 Å². The van der Waals surface area contributed by atoms with E-state index in [-0.39, 0.29) is 6.04 Å². The van der Waals surface area contributed by atoms with E-state index in [1.165, 1.54) is 10.9 Å². The largest absolute Gasteiger partial charge is 0.307 e. The van der Waals surface area contributed by atoms with Crippen LogP contribution >= 0.6 is 11.3 Å². The van der Waals surface area contributed by atoms with Crippen molar-refractivity contribution in [2.24, 2.45) is 0 Å². The van der Waals surface area contributed by atoms with Crippen LogP contribution in [0.25, 0.3) is 10.8 Å². The maximum atomic E-state index is 4.79. The molecule has 108 valence electrons. The first kappa shape index (κ1) is 14.2. The van der Waals surface area contributed by atoms with Gasteiger partial charge in [-0.1, -0.05) is 38.1 Å². The predicted molar refractivity (Wildman–Crippen MR) is 88.8 cm³/mol. The van der Waals surface area contributed by atoms with E-state index in [1.807, 2.05) is 25.5 Å². The number of hydrogen-bond acceptors (Lipinski definition) is 4. The molecule has 0 aliphatic carbocycles. The second kappa shape index (κ2) is 5.92. The Bertz CT molecular complexity index is 743. The first-order valence-corrected chi connectivity index (χ1v) is 8.04. The van der Waals surface area contributed by atoms with Crippen LogP contribution in [0.1, 0.15) is 42.1 Å². The Labute approximate surface area is 129 Å². The molecule has 21 heavy (non-hydrogen) atoms. The van der Waals surface area contributed by atoms with Crippen LogP contribution in [-0.2, 0) is 0 Å². The maximum absolute atomic E-state index is 4.79. The molecule has 0 radical (unpaired) electrons. The number of nitrogens with one attached hydrogen (secondary N) is 1. The van der Waals surface area contributed by atoms with Crippen molar-refractivity contribution in [1.29, 1.82) is 0 Å². The van der Waals surface area contributed by atoms with E-state index in [1.54, 1.807) is 11.3 Å². The van der Waals surface area contributed by atoms with Crippen LogP contribution in [0.4, 0.5) is 0 Å². The normalized spacial score (nSPS) is 13.0. The maximum Gasteiger partial charge on any atom is 0.114 e. The topological polar surface area (TPSA) is 37.8 Å². The third-order valence-corrected chi connectivity index (χ3v) is 4.60. The molecular formula is C17H19N3S. The smallest absolute Gasteiger partial charge is 0.114 e. The fraction of sp³-hybridized carbons (Fsp3) is 0.294. The van der Waals surface area contributed by atoms with Gasteiger partial charge in [0.2, 0.25) is 0 Å². The Morgan fingerprint density at radius 3 is 2.67 bits per heavy atom. The lowest BCUT2D eigenvalue weighted by Gasteiger charge is -2.16. The van der Waals surface area contributed by atoms with Gasteiger partial charge < -0.3 is 5.32 Å². The van der Waals surface area contributed by atoms with E-state index < -0.39 is 0 Å². The minimum absolute atomic E-state index is 0.0844. The molecule has 0 spiro atoms. The molecular weight excluding hydrogens is 278 g/mol. The fourth-order valence-electron chi connectivity index (χ4n) is 2.48. The molecule has 2 heterocycles. The third-order valence-electron chi connectivity index (χ3n) is 3.68. The zero-order valence-electron chi connectivity index (χ0n) is 12.5. The zero-order chi connectivity index (χ0) is 14.8. The molecule has 4 heteroatoms. The Hall–Kier alpha value is -1.78. The molecule has 0 aliphatic rings. The van der Waals surface area contributed by atoms with E-state index in [2.05, 4.69) is 47.7 Å². The minimum Gasteiger partial charge on any atom is -0.307 e. The van der Waals surface area contributed by atoms with Crippen molar-refractivity contribution in [2.75, 3.05) is 7.05 Å². The Balaban J connectivity index is 2.09. The van der Waals surface area contributed by atoms with Crippen LogP contribution in [0.5, 0.6) is 0 Å². The first-order chi connectivity index (χ1) is 10.2. The summed E-state index contributed by atoms with van der Waals surface area (Å²) in [4.78, 5) is 9.18. The number of fused-ring (bicyclic) bond motifs is 1. The average molecular weight is 297 g/mol. The molecule has 1 N–H and O–H groups in total. The molecule has 0 fully saturated rings. The van der Waals surface area contributed by atoms with E-state index in [0.29, 0.717) is 5.92 Å². The number of aromatic nitrogens is 2. The van der Waals surface area contributed by atoms with Gasteiger partial charge in [0.1, 0.15) is 5.01 Å². The molecule has 0 aliphatic heterocycles. The van der Waals surface area contributed by atoms with Crippen LogP contribution < -0.4 is 5.32 Å². The molecule has 1 aromatic carbocycles.